The molecule has 0 fully saturated rings. The van der Waals surface area contributed by atoms with E-state index in [1.165, 1.54) is 17.8 Å². The van der Waals surface area contributed by atoms with Crippen molar-refractivity contribution in [3.63, 3.8) is 0 Å². The summed E-state index contributed by atoms with van der Waals surface area (Å²) in [4.78, 5) is 11.6. The first-order valence-electron chi connectivity index (χ1n) is 5.31. The van der Waals surface area contributed by atoms with Crippen molar-refractivity contribution in [2.24, 2.45) is 0 Å². The lowest BCUT2D eigenvalue weighted by molar-refractivity contribution is 0.112. The smallest absolute Gasteiger partial charge is 0.150 e. The van der Waals surface area contributed by atoms with Crippen molar-refractivity contribution >= 4 is 29.6 Å². The average Bonchev–Trinajstić information content (AvgIpc) is 2.38. The summed E-state index contributed by atoms with van der Waals surface area (Å²) in [6.45, 7) is 0. The summed E-state index contributed by atoms with van der Waals surface area (Å²) in [6.07, 6.45) is 0.792. The van der Waals surface area contributed by atoms with E-state index in [9.17, 15) is 9.18 Å². The SMILES string of the molecule is O=Cc1cccc(SCc2c(F)cccc2Cl)c1. The van der Waals surface area contributed by atoms with Crippen molar-refractivity contribution in [3.8, 4) is 0 Å². The van der Waals surface area contributed by atoms with Crippen molar-refractivity contribution in [3.05, 3.63) is 64.4 Å². The van der Waals surface area contributed by atoms with Gasteiger partial charge in [-0.2, -0.15) is 0 Å². The van der Waals surface area contributed by atoms with Crippen LogP contribution in [0.5, 0.6) is 0 Å². The summed E-state index contributed by atoms with van der Waals surface area (Å²) in [5, 5.41) is 0.425. The Labute approximate surface area is 114 Å². The zero-order valence-corrected chi connectivity index (χ0v) is 11.0. The Kier molecular flexibility index (Phi) is 4.39. The van der Waals surface area contributed by atoms with E-state index in [1.807, 2.05) is 6.07 Å². The molecule has 2 aromatic carbocycles. The van der Waals surface area contributed by atoms with Gasteiger partial charge in [-0.3, -0.25) is 4.79 Å². The van der Waals surface area contributed by atoms with Gasteiger partial charge in [-0.15, -0.1) is 11.8 Å². The fourth-order valence-corrected chi connectivity index (χ4v) is 2.81. The molecule has 0 unspecified atom stereocenters. The van der Waals surface area contributed by atoms with Crippen molar-refractivity contribution < 1.29 is 9.18 Å². The summed E-state index contributed by atoms with van der Waals surface area (Å²) in [5.74, 6) is 0.134. The molecule has 0 atom stereocenters. The second-order valence-corrected chi connectivity index (χ2v) is 5.14. The number of hydrogen-bond acceptors (Lipinski definition) is 2. The van der Waals surface area contributed by atoms with E-state index in [-0.39, 0.29) is 5.82 Å². The number of aldehydes is 1. The highest BCUT2D eigenvalue weighted by atomic mass is 35.5. The minimum atomic E-state index is -0.304. The van der Waals surface area contributed by atoms with Crippen molar-refractivity contribution in [2.75, 3.05) is 0 Å². The molecule has 92 valence electrons. The first-order valence-corrected chi connectivity index (χ1v) is 6.68. The van der Waals surface area contributed by atoms with Gasteiger partial charge in [0.2, 0.25) is 0 Å². The lowest BCUT2D eigenvalue weighted by Gasteiger charge is -2.06. The molecule has 0 aliphatic rings. The predicted octanol–water partition coefficient (Wildman–Crippen LogP) is 4.58. The maximum Gasteiger partial charge on any atom is 0.150 e. The second kappa shape index (κ2) is 6.03. The molecular weight excluding hydrogens is 271 g/mol. The Hall–Kier alpha value is -1.32. The molecule has 0 spiro atoms. The predicted molar refractivity (Wildman–Crippen MR) is 72.8 cm³/mol. The van der Waals surface area contributed by atoms with E-state index < -0.39 is 0 Å². The molecule has 0 saturated carbocycles. The van der Waals surface area contributed by atoms with E-state index in [0.29, 0.717) is 21.9 Å². The molecule has 0 amide bonds. The summed E-state index contributed by atoms with van der Waals surface area (Å²) in [7, 11) is 0. The number of halogens is 2. The molecule has 0 saturated heterocycles. The van der Waals surface area contributed by atoms with Gasteiger partial charge in [-0.05, 0) is 24.3 Å². The maximum atomic E-state index is 13.5. The molecule has 0 bridgehead atoms. The van der Waals surface area contributed by atoms with Gasteiger partial charge in [0, 0.05) is 26.8 Å². The molecule has 2 rings (SSSR count). The van der Waals surface area contributed by atoms with E-state index >= 15 is 0 Å². The van der Waals surface area contributed by atoms with Crippen LogP contribution < -0.4 is 0 Å². The van der Waals surface area contributed by atoms with Crippen LogP contribution in [-0.4, -0.2) is 6.29 Å². The van der Waals surface area contributed by atoms with Gasteiger partial charge in [-0.1, -0.05) is 29.8 Å². The number of rotatable bonds is 4. The van der Waals surface area contributed by atoms with Crippen LogP contribution in [0.4, 0.5) is 4.39 Å². The lowest BCUT2D eigenvalue weighted by atomic mass is 10.2. The maximum absolute atomic E-state index is 13.5. The average molecular weight is 281 g/mol. The number of benzene rings is 2. The Bertz CT molecular complexity index is 551. The quantitative estimate of drug-likeness (QED) is 0.602. The zero-order chi connectivity index (χ0) is 13.0. The van der Waals surface area contributed by atoms with Gasteiger partial charge in [0.15, 0.2) is 0 Å². The largest absolute Gasteiger partial charge is 0.298 e. The van der Waals surface area contributed by atoms with Crippen LogP contribution >= 0.6 is 23.4 Å². The number of hydrogen-bond donors (Lipinski definition) is 0. The summed E-state index contributed by atoms with van der Waals surface area (Å²) in [5.41, 5.74) is 1.10. The van der Waals surface area contributed by atoms with Gasteiger partial charge >= 0.3 is 0 Å². The second-order valence-electron chi connectivity index (χ2n) is 3.68. The third-order valence-electron chi connectivity index (χ3n) is 2.44. The van der Waals surface area contributed by atoms with Gasteiger partial charge in [-0.25, -0.2) is 4.39 Å². The Morgan fingerprint density at radius 2 is 2.00 bits per heavy atom. The summed E-state index contributed by atoms with van der Waals surface area (Å²) < 4.78 is 13.5. The fourth-order valence-electron chi connectivity index (χ4n) is 1.50. The third kappa shape index (κ3) is 3.12. The highest BCUT2D eigenvalue weighted by Crippen LogP contribution is 2.28. The van der Waals surface area contributed by atoms with Gasteiger partial charge in [0.25, 0.3) is 0 Å². The van der Waals surface area contributed by atoms with E-state index in [2.05, 4.69) is 0 Å². The van der Waals surface area contributed by atoms with Crippen LogP contribution in [0.3, 0.4) is 0 Å². The van der Waals surface area contributed by atoms with Crippen LogP contribution in [0, 0.1) is 5.82 Å². The number of carbonyl (C=O) groups excluding carboxylic acids is 1. The van der Waals surface area contributed by atoms with E-state index in [4.69, 9.17) is 11.6 Å². The first-order chi connectivity index (χ1) is 8.70. The fraction of sp³-hybridized carbons (Fsp3) is 0.0714. The Morgan fingerprint density at radius 3 is 2.72 bits per heavy atom. The molecule has 0 heterocycles. The zero-order valence-electron chi connectivity index (χ0n) is 9.40. The van der Waals surface area contributed by atoms with Gasteiger partial charge in [0.05, 0.1) is 0 Å². The van der Waals surface area contributed by atoms with Crippen molar-refractivity contribution in [1.82, 2.24) is 0 Å². The first kappa shape index (κ1) is 13.1. The van der Waals surface area contributed by atoms with E-state index in [0.717, 1.165) is 11.2 Å². The standard InChI is InChI=1S/C14H10ClFOS/c15-13-5-2-6-14(16)12(13)9-18-11-4-1-3-10(7-11)8-17/h1-8H,9H2. The molecule has 4 heteroatoms. The molecule has 0 aliphatic carbocycles. The van der Waals surface area contributed by atoms with Gasteiger partial charge < -0.3 is 0 Å². The molecule has 2 aromatic rings. The van der Waals surface area contributed by atoms with Crippen LogP contribution in [0.2, 0.25) is 5.02 Å². The molecule has 0 radical (unpaired) electrons. The molecular formula is C14H10ClFOS. The normalized spacial score (nSPS) is 10.3. The molecule has 0 aromatic heterocycles. The molecule has 18 heavy (non-hydrogen) atoms. The minimum absolute atomic E-state index is 0.304. The topological polar surface area (TPSA) is 17.1 Å². The highest BCUT2D eigenvalue weighted by molar-refractivity contribution is 7.98. The Balaban J connectivity index is 2.13. The van der Waals surface area contributed by atoms with Crippen LogP contribution in [0.1, 0.15) is 15.9 Å². The molecule has 0 aliphatic heterocycles. The lowest BCUT2D eigenvalue weighted by Crippen LogP contribution is -1.89. The van der Waals surface area contributed by atoms with Crippen LogP contribution in [0.15, 0.2) is 47.4 Å². The third-order valence-corrected chi connectivity index (χ3v) is 3.81. The number of carbonyl (C=O) groups is 1. The minimum Gasteiger partial charge on any atom is -0.298 e. The van der Waals surface area contributed by atoms with Crippen molar-refractivity contribution in [2.45, 2.75) is 10.6 Å². The highest BCUT2D eigenvalue weighted by Gasteiger charge is 2.07. The van der Waals surface area contributed by atoms with E-state index in [1.54, 1.807) is 30.3 Å². The van der Waals surface area contributed by atoms with Crippen LogP contribution in [-0.2, 0) is 5.75 Å². The molecule has 1 nitrogen and oxygen atoms in total. The van der Waals surface area contributed by atoms with Crippen LogP contribution in [0.25, 0.3) is 0 Å². The van der Waals surface area contributed by atoms with Crippen molar-refractivity contribution in [1.29, 1.82) is 0 Å². The monoisotopic (exact) mass is 280 g/mol. The Morgan fingerprint density at radius 1 is 1.22 bits per heavy atom. The van der Waals surface area contributed by atoms with Gasteiger partial charge in [0.1, 0.15) is 12.1 Å². The summed E-state index contributed by atoms with van der Waals surface area (Å²) in [6, 6.07) is 11.8. The number of thioether (sulfide) groups is 1. The molecule has 0 N–H and O–H groups in total. The summed E-state index contributed by atoms with van der Waals surface area (Å²) >= 11 is 7.39.